The number of amides is 2. The second kappa shape index (κ2) is 5.68. The Balaban J connectivity index is 1.94. The van der Waals surface area contributed by atoms with Crippen LogP contribution in [0.1, 0.15) is 11.3 Å². The Labute approximate surface area is 112 Å². The summed E-state index contributed by atoms with van der Waals surface area (Å²) in [5.41, 5.74) is -0.752. The first kappa shape index (κ1) is 14.0. The van der Waals surface area contributed by atoms with Crippen LogP contribution in [0.25, 0.3) is 0 Å². The summed E-state index contributed by atoms with van der Waals surface area (Å²) in [6.45, 7) is 0.151. The van der Waals surface area contributed by atoms with Gasteiger partial charge in [-0.25, -0.2) is 4.79 Å². The molecule has 0 radical (unpaired) electrons. The normalized spacial score (nSPS) is 11.2. The highest BCUT2D eigenvalue weighted by Crippen LogP contribution is 2.30. The highest BCUT2D eigenvalue weighted by atomic mass is 19.4. The fourth-order valence-electron chi connectivity index (χ4n) is 1.53. The van der Waals surface area contributed by atoms with Gasteiger partial charge in [-0.3, -0.25) is 0 Å². The van der Waals surface area contributed by atoms with Gasteiger partial charge in [-0.2, -0.15) is 13.2 Å². The fourth-order valence-corrected chi connectivity index (χ4v) is 1.53. The van der Waals surface area contributed by atoms with Crippen molar-refractivity contribution in [3.05, 3.63) is 54.0 Å². The highest BCUT2D eigenvalue weighted by molar-refractivity contribution is 5.89. The molecule has 0 aliphatic carbocycles. The predicted molar refractivity (Wildman–Crippen MR) is 66.0 cm³/mol. The van der Waals surface area contributed by atoms with E-state index in [4.69, 9.17) is 4.42 Å². The van der Waals surface area contributed by atoms with Gasteiger partial charge in [0.15, 0.2) is 0 Å². The van der Waals surface area contributed by atoms with E-state index in [1.807, 2.05) is 0 Å². The van der Waals surface area contributed by atoms with Gasteiger partial charge in [0.1, 0.15) is 5.76 Å². The summed E-state index contributed by atoms with van der Waals surface area (Å²) in [6.07, 6.45) is -2.98. The minimum absolute atomic E-state index is 0.0665. The van der Waals surface area contributed by atoms with Gasteiger partial charge in [-0.1, -0.05) is 6.07 Å². The van der Waals surface area contributed by atoms with Crippen LogP contribution >= 0.6 is 0 Å². The molecule has 4 nitrogen and oxygen atoms in total. The van der Waals surface area contributed by atoms with E-state index in [0.717, 1.165) is 12.1 Å². The molecule has 0 saturated heterocycles. The zero-order valence-electron chi connectivity index (χ0n) is 10.2. The lowest BCUT2D eigenvalue weighted by molar-refractivity contribution is -0.137. The van der Waals surface area contributed by atoms with Crippen LogP contribution in [0.4, 0.5) is 23.7 Å². The number of carbonyl (C=O) groups is 1. The molecule has 1 heterocycles. The summed E-state index contributed by atoms with van der Waals surface area (Å²) in [4.78, 5) is 11.5. The van der Waals surface area contributed by atoms with Gasteiger partial charge in [0.25, 0.3) is 0 Å². The van der Waals surface area contributed by atoms with Gasteiger partial charge in [-0.05, 0) is 30.3 Å². The maximum absolute atomic E-state index is 12.5. The molecule has 0 spiro atoms. The number of anilines is 1. The monoisotopic (exact) mass is 284 g/mol. The summed E-state index contributed by atoms with van der Waals surface area (Å²) >= 11 is 0. The molecule has 2 rings (SSSR count). The van der Waals surface area contributed by atoms with Crippen molar-refractivity contribution >= 4 is 11.7 Å². The third-order valence-corrected chi connectivity index (χ3v) is 2.45. The Morgan fingerprint density at radius 2 is 2.00 bits per heavy atom. The number of urea groups is 1. The number of rotatable bonds is 3. The average Bonchev–Trinajstić information content (AvgIpc) is 2.89. The molecule has 2 amide bonds. The molecule has 0 aliphatic heterocycles. The van der Waals surface area contributed by atoms with E-state index in [2.05, 4.69) is 10.6 Å². The van der Waals surface area contributed by atoms with Crippen molar-refractivity contribution < 1.29 is 22.4 Å². The van der Waals surface area contributed by atoms with E-state index >= 15 is 0 Å². The number of carbonyl (C=O) groups excluding carboxylic acids is 1. The van der Waals surface area contributed by atoms with Crippen molar-refractivity contribution in [1.82, 2.24) is 5.32 Å². The van der Waals surface area contributed by atoms with E-state index in [-0.39, 0.29) is 12.2 Å². The molecule has 0 aliphatic rings. The first-order chi connectivity index (χ1) is 9.45. The lowest BCUT2D eigenvalue weighted by atomic mass is 10.2. The molecule has 0 bridgehead atoms. The minimum Gasteiger partial charge on any atom is -0.467 e. The molecule has 1 aromatic heterocycles. The summed E-state index contributed by atoms with van der Waals surface area (Å²) in [5.74, 6) is 0.546. The second-order valence-corrected chi connectivity index (χ2v) is 3.97. The maximum atomic E-state index is 12.5. The Kier molecular flexibility index (Phi) is 3.97. The Bertz CT molecular complexity index is 580. The number of nitrogens with one attached hydrogen (secondary N) is 2. The van der Waals surface area contributed by atoms with E-state index in [9.17, 15) is 18.0 Å². The first-order valence-electron chi connectivity index (χ1n) is 5.69. The van der Waals surface area contributed by atoms with Gasteiger partial charge in [-0.15, -0.1) is 0 Å². The molecule has 0 fully saturated rings. The fraction of sp³-hybridized carbons (Fsp3) is 0.154. The van der Waals surface area contributed by atoms with Crippen molar-refractivity contribution in [2.75, 3.05) is 5.32 Å². The lowest BCUT2D eigenvalue weighted by Gasteiger charge is -2.10. The van der Waals surface area contributed by atoms with Gasteiger partial charge in [0.2, 0.25) is 0 Å². The second-order valence-electron chi connectivity index (χ2n) is 3.97. The third-order valence-electron chi connectivity index (χ3n) is 2.45. The molecule has 2 N–H and O–H groups in total. The predicted octanol–water partition coefficient (Wildman–Crippen LogP) is 3.62. The number of furan rings is 1. The molecule has 1 aromatic carbocycles. The number of hydrogen-bond donors (Lipinski definition) is 2. The summed E-state index contributed by atoms with van der Waals surface area (Å²) in [5, 5.41) is 4.79. The minimum atomic E-state index is -4.44. The van der Waals surface area contributed by atoms with E-state index in [1.54, 1.807) is 12.1 Å². The van der Waals surface area contributed by atoms with Crippen LogP contribution in [-0.2, 0) is 12.7 Å². The van der Waals surface area contributed by atoms with Gasteiger partial charge >= 0.3 is 12.2 Å². The van der Waals surface area contributed by atoms with Crippen LogP contribution in [0.2, 0.25) is 0 Å². The number of halogens is 3. The molecule has 20 heavy (non-hydrogen) atoms. The van der Waals surface area contributed by atoms with Gasteiger partial charge in [0.05, 0.1) is 18.4 Å². The zero-order valence-corrected chi connectivity index (χ0v) is 10.2. The van der Waals surface area contributed by atoms with Crippen LogP contribution in [0.15, 0.2) is 47.1 Å². The molecule has 0 unspecified atom stereocenters. The molecule has 0 saturated carbocycles. The molecule has 7 heteroatoms. The van der Waals surface area contributed by atoms with Crippen molar-refractivity contribution in [2.24, 2.45) is 0 Å². The number of alkyl halides is 3. The van der Waals surface area contributed by atoms with Crippen LogP contribution in [0.5, 0.6) is 0 Å². The smallest absolute Gasteiger partial charge is 0.416 e. The average molecular weight is 284 g/mol. The molecule has 0 atom stereocenters. The Morgan fingerprint density at radius 1 is 1.20 bits per heavy atom. The third kappa shape index (κ3) is 3.78. The van der Waals surface area contributed by atoms with Crippen molar-refractivity contribution in [3.63, 3.8) is 0 Å². The quantitative estimate of drug-likeness (QED) is 0.904. The molecule has 106 valence electrons. The van der Waals surface area contributed by atoms with E-state index in [0.29, 0.717) is 5.76 Å². The number of benzene rings is 1. The first-order valence-corrected chi connectivity index (χ1v) is 5.69. The lowest BCUT2D eigenvalue weighted by Crippen LogP contribution is -2.28. The van der Waals surface area contributed by atoms with Crippen LogP contribution in [-0.4, -0.2) is 6.03 Å². The van der Waals surface area contributed by atoms with Gasteiger partial charge < -0.3 is 15.1 Å². The van der Waals surface area contributed by atoms with Crippen LogP contribution < -0.4 is 10.6 Å². The maximum Gasteiger partial charge on any atom is 0.416 e. The van der Waals surface area contributed by atoms with Crippen molar-refractivity contribution in [1.29, 1.82) is 0 Å². The summed E-state index contributed by atoms with van der Waals surface area (Å²) in [6, 6.07) is 7.14. The van der Waals surface area contributed by atoms with Crippen LogP contribution in [0, 0.1) is 0 Å². The number of hydrogen-bond acceptors (Lipinski definition) is 2. The topological polar surface area (TPSA) is 54.3 Å². The molecular formula is C13H11F3N2O2. The van der Waals surface area contributed by atoms with Crippen molar-refractivity contribution in [3.8, 4) is 0 Å². The van der Waals surface area contributed by atoms with Crippen LogP contribution in [0.3, 0.4) is 0 Å². The van der Waals surface area contributed by atoms with E-state index in [1.165, 1.54) is 18.4 Å². The zero-order chi connectivity index (χ0) is 14.6. The molecule has 2 aromatic rings. The summed E-state index contributed by atoms with van der Waals surface area (Å²) < 4.78 is 42.5. The Hall–Kier alpha value is -2.44. The standard InChI is InChI=1S/C13H11F3N2O2/c14-13(15,16)9-3-1-4-10(7-9)18-12(19)17-8-11-5-2-6-20-11/h1-7H,8H2,(H2,17,18,19). The Morgan fingerprint density at radius 3 is 2.65 bits per heavy atom. The summed E-state index contributed by atoms with van der Waals surface area (Å²) in [7, 11) is 0. The van der Waals surface area contributed by atoms with Crippen molar-refractivity contribution in [2.45, 2.75) is 12.7 Å². The SMILES string of the molecule is O=C(NCc1ccco1)Nc1cccc(C(F)(F)F)c1. The molecular weight excluding hydrogens is 273 g/mol. The van der Waals surface area contributed by atoms with Gasteiger partial charge in [0, 0.05) is 5.69 Å². The largest absolute Gasteiger partial charge is 0.467 e. The van der Waals surface area contributed by atoms with E-state index < -0.39 is 17.8 Å². The highest BCUT2D eigenvalue weighted by Gasteiger charge is 2.30.